The highest BCUT2D eigenvalue weighted by Gasteiger charge is 2.15. The van der Waals surface area contributed by atoms with Crippen LogP contribution in [0.15, 0.2) is 58.5 Å². The maximum Gasteiger partial charge on any atom is 0.290 e. The van der Waals surface area contributed by atoms with Gasteiger partial charge in [-0.2, -0.15) is 5.10 Å². The van der Waals surface area contributed by atoms with Gasteiger partial charge in [0.15, 0.2) is 11.5 Å². The number of carbonyl (C=O) groups excluding carboxylic acids is 1. The topological polar surface area (TPSA) is 111 Å². The number of ether oxygens (including phenoxy) is 2. The summed E-state index contributed by atoms with van der Waals surface area (Å²) in [6.45, 7) is 0. The fourth-order valence-electron chi connectivity index (χ4n) is 2.98. The molecule has 0 aliphatic heterocycles. The minimum absolute atomic E-state index is 0.0717. The Kier molecular flexibility index (Phi) is 6.33. The number of carbonyl (C=O) groups is 1. The Morgan fingerprint density at radius 1 is 1.12 bits per heavy atom. The van der Waals surface area contributed by atoms with Crippen LogP contribution in [0, 0.1) is 0 Å². The Labute approximate surface area is 191 Å². The van der Waals surface area contributed by atoms with Crippen LogP contribution in [0.3, 0.4) is 0 Å². The first-order valence-corrected chi connectivity index (χ1v) is 10.7. The molecule has 4 aromatic rings. The lowest BCUT2D eigenvalue weighted by Crippen LogP contribution is -2.17. The summed E-state index contributed by atoms with van der Waals surface area (Å²) in [6, 6.07) is 13.8. The second-order valence-electron chi connectivity index (χ2n) is 6.58. The number of benzene rings is 2. The third-order valence-corrected chi connectivity index (χ3v) is 5.70. The van der Waals surface area contributed by atoms with Gasteiger partial charge < -0.3 is 14.8 Å². The van der Waals surface area contributed by atoms with Crippen molar-refractivity contribution in [2.45, 2.75) is 5.16 Å². The van der Waals surface area contributed by atoms with Gasteiger partial charge in [-0.1, -0.05) is 23.4 Å². The van der Waals surface area contributed by atoms with Gasteiger partial charge in [-0.3, -0.25) is 9.59 Å². The summed E-state index contributed by atoms with van der Waals surface area (Å²) < 4.78 is 12.0. The van der Waals surface area contributed by atoms with E-state index in [0.717, 1.165) is 17.3 Å². The molecular weight excluding hydrogens is 454 g/mol. The summed E-state index contributed by atoms with van der Waals surface area (Å²) >= 11 is 7.01. The summed E-state index contributed by atoms with van der Waals surface area (Å²) in [4.78, 5) is 24.6. The number of aromatic nitrogens is 4. The minimum atomic E-state index is -0.390. The van der Waals surface area contributed by atoms with E-state index in [-0.39, 0.29) is 17.2 Å². The molecule has 2 aromatic carbocycles. The molecule has 0 unspecified atom stereocenters. The van der Waals surface area contributed by atoms with E-state index in [0.29, 0.717) is 38.6 Å². The van der Waals surface area contributed by atoms with Crippen LogP contribution >= 0.6 is 23.4 Å². The summed E-state index contributed by atoms with van der Waals surface area (Å²) in [5.41, 5.74) is 1.85. The Balaban J connectivity index is 1.57. The molecule has 0 fully saturated rings. The highest BCUT2D eigenvalue weighted by atomic mass is 35.5. The van der Waals surface area contributed by atoms with Gasteiger partial charge in [-0.15, -0.1) is 5.10 Å². The molecule has 0 aliphatic carbocycles. The van der Waals surface area contributed by atoms with E-state index in [4.69, 9.17) is 21.1 Å². The fourth-order valence-corrected chi connectivity index (χ4v) is 3.81. The molecule has 0 aliphatic rings. The average Bonchev–Trinajstić information content (AvgIpc) is 3.26. The van der Waals surface area contributed by atoms with Gasteiger partial charge in [-0.05, 0) is 48.5 Å². The molecule has 4 rings (SSSR count). The Morgan fingerprint density at radius 2 is 1.88 bits per heavy atom. The van der Waals surface area contributed by atoms with Crippen molar-refractivity contribution in [2.24, 2.45) is 0 Å². The zero-order valence-corrected chi connectivity index (χ0v) is 18.7. The summed E-state index contributed by atoms with van der Waals surface area (Å²) in [7, 11) is 3.10. The maximum atomic E-state index is 12.3. The molecule has 0 saturated heterocycles. The van der Waals surface area contributed by atoms with E-state index in [1.807, 2.05) is 6.07 Å². The standard InChI is InChI=1S/C21H18ClN5O4S/c1-30-17-8-3-12(9-18(17)31-2)15-10-16-20(29)24-25-21(27(16)26-15)32-11-19(28)23-14-6-4-13(22)5-7-14/h3-10H,11H2,1-2H3,(H,23,28)(H,24,29). The number of aromatic amines is 1. The van der Waals surface area contributed by atoms with E-state index in [9.17, 15) is 9.59 Å². The quantitative estimate of drug-likeness (QED) is 0.397. The molecule has 0 bridgehead atoms. The fraction of sp³-hybridized carbons (Fsp3) is 0.143. The van der Waals surface area contributed by atoms with Crippen LogP contribution in [0.2, 0.25) is 5.02 Å². The number of methoxy groups -OCH3 is 2. The first-order chi connectivity index (χ1) is 15.5. The number of H-pyrrole nitrogens is 1. The first-order valence-electron chi connectivity index (χ1n) is 9.37. The third kappa shape index (κ3) is 4.56. The number of hydrogen-bond donors (Lipinski definition) is 2. The van der Waals surface area contributed by atoms with Gasteiger partial charge in [0.05, 0.1) is 25.7 Å². The van der Waals surface area contributed by atoms with Crippen LogP contribution in [0.25, 0.3) is 16.8 Å². The van der Waals surface area contributed by atoms with Crippen LogP contribution in [-0.4, -0.2) is 45.7 Å². The second-order valence-corrected chi connectivity index (χ2v) is 7.95. The molecule has 32 heavy (non-hydrogen) atoms. The lowest BCUT2D eigenvalue weighted by Gasteiger charge is -2.08. The van der Waals surface area contributed by atoms with E-state index in [2.05, 4.69) is 20.6 Å². The molecule has 1 amide bonds. The van der Waals surface area contributed by atoms with Crippen molar-refractivity contribution in [1.82, 2.24) is 19.8 Å². The van der Waals surface area contributed by atoms with Crippen molar-refractivity contribution in [2.75, 3.05) is 25.3 Å². The van der Waals surface area contributed by atoms with Crippen LogP contribution in [-0.2, 0) is 4.79 Å². The predicted molar refractivity (Wildman–Crippen MR) is 123 cm³/mol. The molecule has 0 saturated carbocycles. The molecule has 9 nitrogen and oxygen atoms in total. The van der Waals surface area contributed by atoms with E-state index in [1.165, 1.54) is 4.52 Å². The monoisotopic (exact) mass is 471 g/mol. The van der Waals surface area contributed by atoms with Crippen molar-refractivity contribution < 1.29 is 14.3 Å². The zero-order chi connectivity index (χ0) is 22.7. The van der Waals surface area contributed by atoms with Crippen LogP contribution in [0.5, 0.6) is 11.5 Å². The maximum absolute atomic E-state index is 12.3. The van der Waals surface area contributed by atoms with Gasteiger partial charge in [0.2, 0.25) is 11.1 Å². The SMILES string of the molecule is COc1ccc(-c2cc3c(=O)[nH]nc(SCC(=O)Nc4ccc(Cl)cc4)n3n2)cc1OC. The summed E-state index contributed by atoms with van der Waals surface area (Å²) in [6.07, 6.45) is 0. The van der Waals surface area contributed by atoms with Crippen LogP contribution < -0.4 is 20.3 Å². The van der Waals surface area contributed by atoms with Gasteiger partial charge in [0.25, 0.3) is 5.56 Å². The van der Waals surface area contributed by atoms with E-state index < -0.39 is 0 Å². The zero-order valence-electron chi connectivity index (χ0n) is 17.1. The number of amides is 1. The Morgan fingerprint density at radius 3 is 2.59 bits per heavy atom. The Hall–Kier alpha value is -3.50. The number of thioether (sulfide) groups is 1. The molecular formula is C21H18ClN5O4S. The summed E-state index contributed by atoms with van der Waals surface area (Å²) in [5.74, 6) is 0.971. The summed E-state index contributed by atoms with van der Waals surface area (Å²) in [5, 5.41) is 14.8. The largest absolute Gasteiger partial charge is 0.493 e. The van der Waals surface area contributed by atoms with Crippen molar-refractivity contribution in [3.63, 3.8) is 0 Å². The second kappa shape index (κ2) is 9.33. The number of rotatable bonds is 7. The average molecular weight is 472 g/mol. The molecule has 0 radical (unpaired) electrons. The van der Waals surface area contributed by atoms with E-state index in [1.54, 1.807) is 56.7 Å². The van der Waals surface area contributed by atoms with Crippen LogP contribution in [0.1, 0.15) is 0 Å². The Bertz CT molecular complexity index is 1340. The molecule has 0 atom stereocenters. The number of hydrogen-bond acceptors (Lipinski definition) is 7. The number of anilines is 1. The third-order valence-electron chi connectivity index (χ3n) is 4.52. The molecule has 2 N–H and O–H groups in total. The predicted octanol–water partition coefficient (Wildman–Crippen LogP) is 3.49. The lowest BCUT2D eigenvalue weighted by atomic mass is 10.1. The van der Waals surface area contributed by atoms with E-state index >= 15 is 0 Å². The minimum Gasteiger partial charge on any atom is -0.493 e. The highest BCUT2D eigenvalue weighted by Crippen LogP contribution is 2.32. The lowest BCUT2D eigenvalue weighted by molar-refractivity contribution is -0.113. The molecule has 0 spiro atoms. The van der Waals surface area contributed by atoms with Crippen molar-refractivity contribution in [1.29, 1.82) is 0 Å². The van der Waals surface area contributed by atoms with Gasteiger partial charge in [0.1, 0.15) is 5.52 Å². The first kappa shape index (κ1) is 21.7. The smallest absolute Gasteiger partial charge is 0.290 e. The van der Waals surface area contributed by atoms with Gasteiger partial charge in [-0.25, -0.2) is 9.61 Å². The molecule has 164 valence electrons. The molecule has 11 heteroatoms. The van der Waals surface area contributed by atoms with Gasteiger partial charge >= 0.3 is 0 Å². The van der Waals surface area contributed by atoms with Crippen molar-refractivity contribution in [3.05, 3.63) is 63.9 Å². The number of nitrogens with zero attached hydrogens (tertiary/aromatic N) is 3. The number of fused-ring (bicyclic) bond motifs is 1. The van der Waals surface area contributed by atoms with Gasteiger partial charge in [0, 0.05) is 16.3 Å². The molecule has 2 aromatic heterocycles. The van der Waals surface area contributed by atoms with Crippen LogP contribution in [0.4, 0.5) is 5.69 Å². The number of nitrogens with one attached hydrogen (secondary N) is 2. The highest BCUT2D eigenvalue weighted by molar-refractivity contribution is 7.99. The van der Waals surface area contributed by atoms with Crippen molar-refractivity contribution in [3.8, 4) is 22.8 Å². The van der Waals surface area contributed by atoms with Crippen molar-refractivity contribution >= 4 is 40.5 Å². The number of halogens is 1. The molecule has 2 heterocycles. The normalized spacial score (nSPS) is 10.8.